The average Bonchev–Trinajstić information content (AvgIpc) is 2.82. The summed E-state index contributed by atoms with van der Waals surface area (Å²) >= 11 is 1.64. The number of aryl methyl sites for hydroxylation is 2. The molecule has 0 radical (unpaired) electrons. The van der Waals surface area contributed by atoms with Gasteiger partial charge in [0.15, 0.2) is 5.58 Å². The second-order valence-corrected chi connectivity index (χ2v) is 5.59. The van der Waals surface area contributed by atoms with E-state index >= 15 is 0 Å². The van der Waals surface area contributed by atoms with Crippen molar-refractivity contribution in [3.63, 3.8) is 0 Å². The number of rotatable bonds is 3. The number of benzene rings is 2. The third-order valence-corrected chi connectivity index (χ3v) is 4.01. The molecule has 0 unspecified atom stereocenters. The van der Waals surface area contributed by atoms with Crippen LogP contribution in [-0.2, 0) is 5.75 Å². The van der Waals surface area contributed by atoms with Crippen LogP contribution in [0.1, 0.15) is 16.7 Å². The Bertz CT molecular complexity index is 685. The van der Waals surface area contributed by atoms with Gasteiger partial charge in [-0.15, -0.1) is 0 Å². The molecule has 19 heavy (non-hydrogen) atoms. The summed E-state index contributed by atoms with van der Waals surface area (Å²) in [5.41, 5.74) is 5.72. The lowest BCUT2D eigenvalue weighted by Gasteiger charge is -2.04. The normalized spacial score (nSPS) is 11.1. The zero-order chi connectivity index (χ0) is 13.2. The van der Waals surface area contributed by atoms with E-state index < -0.39 is 0 Å². The van der Waals surface area contributed by atoms with Gasteiger partial charge >= 0.3 is 0 Å². The van der Waals surface area contributed by atoms with Crippen LogP contribution in [-0.4, -0.2) is 4.98 Å². The molecule has 1 aromatic heterocycles. The number of para-hydroxylation sites is 2. The van der Waals surface area contributed by atoms with Gasteiger partial charge in [0.2, 0.25) is 0 Å². The highest BCUT2D eigenvalue weighted by Gasteiger charge is 2.07. The number of hydrogen-bond donors (Lipinski definition) is 0. The van der Waals surface area contributed by atoms with Crippen molar-refractivity contribution in [2.45, 2.75) is 24.8 Å². The molecule has 0 aliphatic heterocycles. The lowest BCUT2D eigenvalue weighted by molar-refractivity contribution is 0.489. The van der Waals surface area contributed by atoms with E-state index in [1.165, 1.54) is 16.7 Å². The Morgan fingerprint density at radius 1 is 1.11 bits per heavy atom. The molecule has 0 aliphatic rings. The van der Waals surface area contributed by atoms with Crippen LogP contribution in [0.3, 0.4) is 0 Å². The minimum absolute atomic E-state index is 0.738. The Morgan fingerprint density at radius 2 is 1.95 bits per heavy atom. The molecule has 3 aromatic rings. The zero-order valence-corrected chi connectivity index (χ0v) is 11.8. The molecule has 0 aliphatic carbocycles. The first-order chi connectivity index (χ1) is 9.22. The standard InChI is InChI=1S/C16H15NOS/c1-11-7-8-12(2)13(9-11)10-19-16-17-14-5-3-4-6-15(14)18-16/h3-9H,10H2,1-2H3. The Kier molecular flexibility index (Phi) is 3.30. The number of hydrogen-bond acceptors (Lipinski definition) is 3. The first-order valence-corrected chi connectivity index (χ1v) is 7.25. The summed E-state index contributed by atoms with van der Waals surface area (Å²) in [5.74, 6) is 0.889. The summed E-state index contributed by atoms with van der Waals surface area (Å²) < 4.78 is 5.71. The molecule has 0 N–H and O–H groups in total. The average molecular weight is 269 g/mol. The first kappa shape index (κ1) is 12.3. The Hall–Kier alpha value is -1.74. The molecule has 2 aromatic carbocycles. The van der Waals surface area contributed by atoms with Crippen molar-refractivity contribution in [2.24, 2.45) is 0 Å². The Balaban J connectivity index is 1.80. The topological polar surface area (TPSA) is 26.0 Å². The number of oxazole rings is 1. The highest BCUT2D eigenvalue weighted by Crippen LogP contribution is 2.27. The van der Waals surface area contributed by atoms with Crippen LogP contribution in [0.4, 0.5) is 0 Å². The third-order valence-electron chi connectivity index (χ3n) is 3.13. The summed E-state index contributed by atoms with van der Waals surface area (Å²) in [6, 6.07) is 14.4. The maximum absolute atomic E-state index is 5.71. The molecule has 0 atom stereocenters. The van der Waals surface area contributed by atoms with Gasteiger partial charge in [-0.2, -0.15) is 0 Å². The predicted octanol–water partition coefficient (Wildman–Crippen LogP) is 4.74. The summed E-state index contributed by atoms with van der Waals surface area (Å²) in [5, 5.41) is 0.738. The van der Waals surface area contributed by atoms with E-state index in [4.69, 9.17) is 4.42 Å². The molecule has 0 spiro atoms. The van der Waals surface area contributed by atoms with Crippen molar-refractivity contribution in [1.82, 2.24) is 4.98 Å². The fourth-order valence-electron chi connectivity index (χ4n) is 2.01. The van der Waals surface area contributed by atoms with E-state index in [0.717, 1.165) is 22.1 Å². The van der Waals surface area contributed by atoms with Gasteiger partial charge in [-0.1, -0.05) is 47.7 Å². The number of thioether (sulfide) groups is 1. The monoisotopic (exact) mass is 269 g/mol. The largest absolute Gasteiger partial charge is 0.431 e. The molecule has 0 amide bonds. The van der Waals surface area contributed by atoms with E-state index in [1.54, 1.807) is 11.8 Å². The number of aromatic nitrogens is 1. The van der Waals surface area contributed by atoms with Gasteiger partial charge in [-0.25, -0.2) is 4.98 Å². The molecule has 0 bridgehead atoms. The van der Waals surface area contributed by atoms with Crippen LogP contribution in [0.5, 0.6) is 0 Å². The smallest absolute Gasteiger partial charge is 0.257 e. The van der Waals surface area contributed by atoms with Gasteiger partial charge in [0.1, 0.15) is 5.52 Å². The first-order valence-electron chi connectivity index (χ1n) is 6.27. The summed E-state index contributed by atoms with van der Waals surface area (Å²) in [7, 11) is 0. The van der Waals surface area contributed by atoms with Gasteiger partial charge in [-0.3, -0.25) is 0 Å². The predicted molar refractivity (Wildman–Crippen MR) is 79.5 cm³/mol. The molecule has 3 rings (SSSR count). The van der Waals surface area contributed by atoms with Crippen molar-refractivity contribution < 1.29 is 4.42 Å². The molecule has 2 nitrogen and oxygen atoms in total. The van der Waals surface area contributed by atoms with Gasteiger partial charge in [0, 0.05) is 5.75 Å². The summed E-state index contributed by atoms with van der Waals surface area (Å²) in [6.07, 6.45) is 0. The van der Waals surface area contributed by atoms with Crippen molar-refractivity contribution >= 4 is 22.9 Å². The van der Waals surface area contributed by atoms with E-state index in [9.17, 15) is 0 Å². The minimum Gasteiger partial charge on any atom is -0.431 e. The lowest BCUT2D eigenvalue weighted by Crippen LogP contribution is -1.87. The third kappa shape index (κ3) is 2.66. The van der Waals surface area contributed by atoms with Crippen molar-refractivity contribution in [2.75, 3.05) is 0 Å². The van der Waals surface area contributed by atoms with Gasteiger partial charge < -0.3 is 4.42 Å². The SMILES string of the molecule is Cc1ccc(C)c(CSc2nc3ccccc3o2)c1. The van der Waals surface area contributed by atoms with Crippen LogP contribution < -0.4 is 0 Å². The number of nitrogens with zero attached hydrogens (tertiary/aromatic N) is 1. The minimum atomic E-state index is 0.738. The Labute approximate surface area is 116 Å². The molecule has 0 saturated carbocycles. The van der Waals surface area contributed by atoms with Gasteiger partial charge in [0.05, 0.1) is 0 Å². The van der Waals surface area contributed by atoms with Crippen LogP contribution in [0.25, 0.3) is 11.1 Å². The lowest BCUT2D eigenvalue weighted by atomic mass is 10.1. The second kappa shape index (κ2) is 5.10. The van der Waals surface area contributed by atoms with E-state index in [0.29, 0.717) is 0 Å². The molecule has 1 heterocycles. The maximum atomic E-state index is 5.71. The molecule has 0 saturated heterocycles. The van der Waals surface area contributed by atoms with Crippen LogP contribution in [0, 0.1) is 13.8 Å². The quantitative estimate of drug-likeness (QED) is 0.642. The molecular formula is C16H15NOS. The maximum Gasteiger partial charge on any atom is 0.257 e. The number of fused-ring (bicyclic) bond motifs is 1. The second-order valence-electron chi connectivity index (χ2n) is 4.67. The molecule has 0 fully saturated rings. The van der Waals surface area contributed by atoms with Crippen molar-refractivity contribution in [3.8, 4) is 0 Å². The summed E-state index contributed by atoms with van der Waals surface area (Å²) in [6.45, 7) is 4.26. The Morgan fingerprint density at radius 3 is 2.79 bits per heavy atom. The van der Waals surface area contributed by atoms with Crippen molar-refractivity contribution in [3.05, 3.63) is 59.2 Å². The van der Waals surface area contributed by atoms with E-state index in [-0.39, 0.29) is 0 Å². The van der Waals surface area contributed by atoms with Crippen LogP contribution >= 0.6 is 11.8 Å². The van der Waals surface area contributed by atoms with Crippen LogP contribution in [0.2, 0.25) is 0 Å². The van der Waals surface area contributed by atoms with Gasteiger partial charge in [-0.05, 0) is 37.1 Å². The highest BCUT2D eigenvalue weighted by molar-refractivity contribution is 7.98. The molecule has 3 heteroatoms. The fourth-order valence-corrected chi connectivity index (χ4v) is 2.91. The van der Waals surface area contributed by atoms with Crippen LogP contribution in [0.15, 0.2) is 52.1 Å². The fraction of sp³-hybridized carbons (Fsp3) is 0.188. The van der Waals surface area contributed by atoms with E-state index in [2.05, 4.69) is 37.0 Å². The summed E-state index contributed by atoms with van der Waals surface area (Å²) in [4.78, 5) is 4.48. The highest BCUT2D eigenvalue weighted by atomic mass is 32.2. The molecular weight excluding hydrogens is 254 g/mol. The molecule has 96 valence electrons. The van der Waals surface area contributed by atoms with E-state index in [1.807, 2.05) is 24.3 Å². The van der Waals surface area contributed by atoms with Gasteiger partial charge in [0.25, 0.3) is 5.22 Å². The van der Waals surface area contributed by atoms with Crippen molar-refractivity contribution in [1.29, 1.82) is 0 Å². The zero-order valence-electron chi connectivity index (χ0n) is 11.0.